The first-order valence-electron chi connectivity index (χ1n) is 6.20. The largest absolute Gasteiger partial charge is 0.227 e. The van der Waals surface area contributed by atoms with Crippen LogP contribution in [0.3, 0.4) is 0 Å². The Kier molecular flexibility index (Phi) is 4.24. The summed E-state index contributed by atoms with van der Waals surface area (Å²) >= 11 is 15.9. The maximum Gasteiger partial charge on any atom is 0.163 e. The monoisotopic (exact) mass is 378 g/mol. The minimum atomic E-state index is 0.360. The summed E-state index contributed by atoms with van der Waals surface area (Å²) in [6.07, 6.45) is 0. The molecule has 0 saturated heterocycles. The summed E-state index contributed by atoms with van der Waals surface area (Å²) < 4.78 is 0.672. The van der Waals surface area contributed by atoms with Crippen molar-refractivity contribution >= 4 is 39.1 Å². The molecule has 3 rings (SSSR count). The summed E-state index contributed by atoms with van der Waals surface area (Å²) in [4.78, 5) is 8.92. The Labute approximate surface area is 140 Å². The highest BCUT2D eigenvalue weighted by Gasteiger charge is 2.15. The molecule has 0 amide bonds. The molecule has 0 fully saturated rings. The molecule has 104 valence electrons. The zero-order valence-electron chi connectivity index (χ0n) is 10.7. The number of benzene rings is 2. The van der Waals surface area contributed by atoms with Crippen molar-refractivity contribution in [2.75, 3.05) is 0 Å². The standard InChI is InChI=1S/C16H9BrCl2N2/c17-13-14(10-6-2-1-3-7-10)20-16(21-15(13)19)11-8-4-5-9-12(11)18/h1-9H. The lowest BCUT2D eigenvalue weighted by atomic mass is 10.1. The fourth-order valence-corrected chi connectivity index (χ4v) is 2.77. The number of hydrogen-bond acceptors (Lipinski definition) is 2. The molecule has 0 saturated carbocycles. The predicted molar refractivity (Wildman–Crippen MR) is 90.6 cm³/mol. The fourth-order valence-electron chi connectivity index (χ4n) is 1.97. The van der Waals surface area contributed by atoms with Crippen molar-refractivity contribution < 1.29 is 0 Å². The van der Waals surface area contributed by atoms with Crippen LogP contribution in [0.1, 0.15) is 0 Å². The molecule has 0 atom stereocenters. The van der Waals surface area contributed by atoms with Gasteiger partial charge in [-0.1, -0.05) is 65.7 Å². The fraction of sp³-hybridized carbons (Fsp3) is 0. The molecule has 0 unspecified atom stereocenters. The quantitative estimate of drug-likeness (QED) is 0.519. The minimum Gasteiger partial charge on any atom is -0.227 e. The van der Waals surface area contributed by atoms with Gasteiger partial charge in [0, 0.05) is 11.1 Å². The van der Waals surface area contributed by atoms with Gasteiger partial charge in [-0.15, -0.1) is 0 Å². The molecular weight excluding hydrogens is 371 g/mol. The van der Waals surface area contributed by atoms with E-state index >= 15 is 0 Å². The van der Waals surface area contributed by atoms with Crippen LogP contribution in [0.2, 0.25) is 10.2 Å². The Morgan fingerprint density at radius 3 is 2.19 bits per heavy atom. The number of aromatic nitrogens is 2. The van der Waals surface area contributed by atoms with Gasteiger partial charge in [0.05, 0.1) is 15.2 Å². The van der Waals surface area contributed by atoms with Gasteiger partial charge >= 0.3 is 0 Å². The molecule has 0 bridgehead atoms. The van der Waals surface area contributed by atoms with Gasteiger partial charge in [0.1, 0.15) is 5.15 Å². The van der Waals surface area contributed by atoms with Crippen molar-refractivity contribution in [3.05, 3.63) is 69.2 Å². The lowest BCUT2D eigenvalue weighted by Gasteiger charge is -2.09. The number of nitrogens with zero attached hydrogens (tertiary/aromatic N) is 2. The molecule has 0 spiro atoms. The first kappa shape index (κ1) is 14.5. The smallest absolute Gasteiger partial charge is 0.163 e. The maximum atomic E-state index is 6.23. The summed E-state index contributed by atoms with van der Waals surface area (Å²) in [6, 6.07) is 17.2. The van der Waals surface area contributed by atoms with Crippen LogP contribution in [0.5, 0.6) is 0 Å². The molecule has 2 nitrogen and oxygen atoms in total. The van der Waals surface area contributed by atoms with E-state index in [9.17, 15) is 0 Å². The maximum absolute atomic E-state index is 6.23. The van der Waals surface area contributed by atoms with Crippen LogP contribution in [-0.4, -0.2) is 9.97 Å². The normalized spacial score (nSPS) is 10.6. The summed E-state index contributed by atoms with van der Waals surface area (Å²) in [6.45, 7) is 0. The molecule has 1 aromatic heterocycles. The third-order valence-electron chi connectivity index (χ3n) is 2.97. The first-order chi connectivity index (χ1) is 10.2. The van der Waals surface area contributed by atoms with Gasteiger partial charge in [0.2, 0.25) is 0 Å². The van der Waals surface area contributed by atoms with Crippen LogP contribution in [0.15, 0.2) is 59.1 Å². The van der Waals surface area contributed by atoms with E-state index in [1.54, 1.807) is 6.07 Å². The van der Waals surface area contributed by atoms with Crippen molar-refractivity contribution in [2.45, 2.75) is 0 Å². The van der Waals surface area contributed by atoms with Crippen LogP contribution in [0, 0.1) is 0 Å². The molecule has 0 aliphatic heterocycles. The lowest BCUT2D eigenvalue weighted by Crippen LogP contribution is -1.95. The van der Waals surface area contributed by atoms with E-state index in [4.69, 9.17) is 23.2 Å². The summed E-state index contributed by atoms with van der Waals surface area (Å²) in [5, 5.41) is 0.952. The molecule has 0 N–H and O–H groups in total. The second kappa shape index (κ2) is 6.14. The Bertz CT molecular complexity index is 792. The van der Waals surface area contributed by atoms with Crippen molar-refractivity contribution in [1.82, 2.24) is 9.97 Å². The third kappa shape index (κ3) is 2.95. The lowest BCUT2D eigenvalue weighted by molar-refractivity contribution is 1.16. The van der Waals surface area contributed by atoms with Crippen molar-refractivity contribution in [3.8, 4) is 22.6 Å². The summed E-state index contributed by atoms with van der Waals surface area (Å²) in [7, 11) is 0. The molecule has 5 heteroatoms. The molecule has 0 aliphatic rings. The van der Waals surface area contributed by atoms with E-state index in [0.29, 0.717) is 20.5 Å². The highest BCUT2D eigenvalue weighted by atomic mass is 79.9. The zero-order valence-corrected chi connectivity index (χ0v) is 13.8. The molecule has 21 heavy (non-hydrogen) atoms. The number of rotatable bonds is 2. The Hall–Kier alpha value is -1.42. The van der Waals surface area contributed by atoms with E-state index in [1.807, 2.05) is 48.5 Å². The summed E-state index contributed by atoms with van der Waals surface area (Å²) in [5.74, 6) is 0.507. The molecule has 0 radical (unpaired) electrons. The van der Waals surface area contributed by atoms with E-state index in [2.05, 4.69) is 25.9 Å². The van der Waals surface area contributed by atoms with E-state index in [-0.39, 0.29) is 0 Å². The molecule has 1 heterocycles. The molecular formula is C16H9BrCl2N2. The highest BCUT2D eigenvalue weighted by Crippen LogP contribution is 2.34. The van der Waals surface area contributed by atoms with Crippen LogP contribution >= 0.6 is 39.1 Å². The average molecular weight is 380 g/mol. The van der Waals surface area contributed by atoms with E-state index in [0.717, 1.165) is 16.8 Å². The molecule has 3 aromatic rings. The Balaban J connectivity index is 2.22. The van der Waals surface area contributed by atoms with Crippen LogP contribution in [-0.2, 0) is 0 Å². The summed E-state index contributed by atoms with van der Waals surface area (Å²) in [5.41, 5.74) is 2.46. The predicted octanol–water partition coefficient (Wildman–Crippen LogP) is 5.88. The first-order valence-corrected chi connectivity index (χ1v) is 7.75. The second-order valence-corrected chi connectivity index (χ2v) is 5.90. The number of hydrogen-bond donors (Lipinski definition) is 0. The van der Waals surface area contributed by atoms with Gasteiger partial charge in [-0.3, -0.25) is 0 Å². The highest BCUT2D eigenvalue weighted by molar-refractivity contribution is 9.10. The second-order valence-electron chi connectivity index (χ2n) is 4.35. The van der Waals surface area contributed by atoms with Gasteiger partial charge in [0.25, 0.3) is 0 Å². The van der Waals surface area contributed by atoms with Crippen molar-refractivity contribution in [3.63, 3.8) is 0 Å². The van der Waals surface area contributed by atoms with Gasteiger partial charge in [-0.05, 0) is 28.1 Å². The Morgan fingerprint density at radius 1 is 0.810 bits per heavy atom. The number of halogens is 3. The van der Waals surface area contributed by atoms with Gasteiger partial charge in [-0.2, -0.15) is 0 Å². The van der Waals surface area contributed by atoms with E-state index in [1.165, 1.54) is 0 Å². The average Bonchev–Trinajstić information content (AvgIpc) is 2.51. The topological polar surface area (TPSA) is 25.8 Å². The van der Waals surface area contributed by atoms with Gasteiger partial charge in [-0.25, -0.2) is 9.97 Å². The Morgan fingerprint density at radius 2 is 1.48 bits per heavy atom. The van der Waals surface area contributed by atoms with E-state index < -0.39 is 0 Å². The van der Waals surface area contributed by atoms with Gasteiger partial charge < -0.3 is 0 Å². The minimum absolute atomic E-state index is 0.360. The third-order valence-corrected chi connectivity index (χ3v) is 4.56. The van der Waals surface area contributed by atoms with Crippen molar-refractivity contribution in [2.24, 2.45) is 0 Å². The molecule has 0 aliphatic carbocycles. The zero-order chi connectivity index (χ0) is 14.8. The van der Waals surface area contributed by atoms with Crippen LogP contribution < -0.4 is 0 Å². The van der Waals surface area contributed by atoms with Gasteiger partial charge in [0.15, 0.2) is 5.82 Å². The SMILES string of the molecule is Clc1ccccc1-c1nc(Cl)c(Br)c(-c2ccccc2)n1. The molecule has 2 aromatic carbocycles. The van der Waals surface area contributed by atoms with Crippen LogP contribution in [0.25, 0.3) is 22.6 Å². The van der Waals surface area contributed by atoms with Crippen LogP contribution in [0.4, 0.5) is 0 Å². The van der Waals surface area contributed by atoms with Crippen molar-refractivity contribution in [1.29, 1.82) is 0 Å².